The first kappa shape index (κ1) is 22.0. The van der Waals surface area contributed by atoms with Gasteiger partial charge < -0.3 is 25.0 Å². The number of urea groups is 1. The second-order valence-electron chi connectivity index (χ2n) is 8.70. The molecule has 4 rings (SSSR count). The lowest BCUT2D eigenvalue weighted by atomic mass is 9.65. The zero-order valence-corrected chi connectivity index (χ0v) is 18.9. The molecule has 0 aromatic heterocycles. The molecule has 7 heteroatoms. The summed E-state index contributed by atoms with van der Waals surface area (Å²) in [6.07, 6.45) is 3.83. The predicted molar refractivity (Wildman–Crippen MR) is 123 cm³/mol. The second kappa shape index (κ2) is 9.09. The molecule has 0 unspecified atom stereocenters. The molecule has 1 aliphatic carbocycles. The maximum absolute atomic E-state index is 12.7. The van der Waals surface area contributed by atoms with Crippen LogP contribution in [0.1, 0.15) is 36.8 Å². The largest absolute Gasteiger partial charge is 0.493 e. The molecular formula is C25H30N4O3. The number of hydrogen-bond acceptors (Lipinski definition) is 5. The van der Waals surface area contributed by atoms with E-state index in [9.17, 15) is 10.1 Å². The summed E-state index contributed by atoms with van der Waals surface area (Å²) in [5.41, 5.74) is 2.29. The topological polar surface area (TPSA) is 86.6 Å². The Morgan fingerprint density at radius 1 is 1.16 bits per heavy atom. The van der Waals surface area contributed by atoms with E-state index in [1.807, 2.05) is 12.1 Å². The Morgan fingerprint density at radius 2 is 1.94 bits per heavy atom. The first-order valence-corrected chi connectivity index (χ1v) is 11.0. The molecule has 1 heterocycles. The lowest BCUT2D eigenvalue weighted by Gasteiger charge is -2.45. The molecule has 0 radical (unpaired) electrons. The van der Waals surface area contributed by atoms with Crippen LogP contribution in [0.25, 0.3) is 0 Å². The van der Waals surface area contributed by atoms with Crippen LogP contribution in [0.5, 0.6) is 11.5 Å². The minimum atomic E-state index is -0.267. The number of nitrogens with one attached hydrogen (secondary N) is 2. The van der Waals surface area contributed by atoms with Crippen molar-refractivity contribution in [3.8, 4) is 17.6 Å². The Bertz CT molecular complexity index is 1030. The average molecular weight is 435 g/mol. The quantitative estimate of drug-likeness (QED) is 0.746. The summed E-state index contributed by atoms with van der Waals surface area (Å²) in [7, 11) is 5.49. The van der Waals surface area contributed by atoms with Gasteiger partial charge in [-0.2, -0.15) is 5.26 Å². The summed E-state index contributed by atoms with van der Waals surface area (Å²) in [4.78, 5) is 15.1. The SMILES string of the molecule is COc1ccc([C@@]23CC[C@H](NC(=O)Nc4ccccc4C#N)C[C@H]2N(C)CC3)cc1OC. The van der Waals surface area contributed by atoms with E-state index < -0.39 is 0 Å². The molecule has 2 N–H and O–H groups in total. The van der Waals surface area contributed by atoms with E-state index in [2.05, 4.69) is 40.8 Å². The molecule has 1 saturated heterocycles. The van der Waals surface area contributed by atoms with Crippen LogP contribution in [-0.2, 0) is 5.41 Å². The number of methoxy groups -OCH3 is 2. The summed E-state index contributed by atoms with van der Waals surface area (Å²) in [5.74, 6) is 1.49. The fraction of sp³-hybridized carbons (Fsp3) is 0.440. The van der Waals surface area contributed by atoms with Gasteiger partial charge in [0.1, 0.15) is 6.07 Å². The summed E-state index contributed by atoms with van der Waals surface area (Å²) in [6.45, 7) is 1.02. The third-order valence-electron chi connectivity index (χ3n) is 7.12. The number of likely N-dealkylation sites (tertiary alicyclic amines) is 1. The molecule has 2 aromatic carbocycles. The number of ether oxygens (including phenoxy) is 2. The highest BCUT2D eigenvalue weighted by molar-refractivity contribution is 5.90. The standard InChI is InChI=1S/C25H30N4O3/c1-29-13-12-25(18-8-9-21(31-2)22(14-18)32-3)11-10-19(15-23(25)29)27-24(30)28-20-7-5-4-6-17(20)16-26/h4-9,14,19,23H,10-13,15H2,1-3H3,(H2,27,28,30)/t19-,23+,25-/m0/s1. The molecule has 168 valence electrons. The highest BCUT2D eigenvalue weighted by Crippen LogP contribution is 2.49. The van der Waals surface area contributed by atoms with Gasteiger partial charge in [-0.1, -0.05) is 18.2 Å². The van der Waals surface area contributed by atoms with Gasteiger partial charge in [0, 0.05) is 17.5 Å². The number of rotatable bonds is 5. The first-order valence-electron chi connectivity index (χ1n) is 11.0. The highest BCUT2D eigenvalue weighted by Gasteiger charge is 2.50. The molecular weight excluding hydrogens is 404 g/mol. The van der Waals surface area contributed by atoms with E-state index in [1.54, 1.807) is 32.4 Å². The Hall–Kier alpha value is -3.24. The third-order valence-corrected chi connectivity index (χ3v) is 7.12. The predicted octanol–water partition coefficient (Wildman–Crippen LogP) is 3.89. The Balaban J connectivity index is 1.49. The molecule has 2 amide bonds. The molecule has 7 nitrogen and oxygen atoms in total. The van der Waals surface area contributed by atoms with Gasteiger partial charge in [-0.15, -0.1) is 0 Å². The molecule has 2 fully saturated rings. The first-order chi connectivity index (χ1) is 15.5. The number of benzene rings is 2. The zero-order valence-electron chi connectivity index (χ0n) is 18.9. The number of carbonyl (C=O) groups excluding carboxylic acids is 1. The van der Waals surface area contributed by atoms with Crippen LogP contribution < -0.4 is 20.1 Å². The lowest BCUT2D eigenvalue weighted by molar-refractivity contribution is 0.156. The molecule has 2 aromatic rings. The van der Waals surface area contributed by atoms with Gasteiger partial charge in [-0.05, 0) is 69.1 Å². The lowest BCUT2D eigenvalue weighted by Crippen LogP contribution is -2.52. The van der Waals surface area contributed by atoms with Crippen LogP contribution >= 0.6 is 0 Å². The van der Waals surface area contributed by atoms with Gasteiger partial charge in [0.25, 0.3) is 0 Å². The van der Waals surface area contributed by atoms with Crippen LogP contribution in [0.3, 0.4) is 0 Å². The minimum Gasteiger partial charge on any atom is -0.493 e. The van der Waals surface area contributed by atoms with E-state index in [1.165, 1.54) is 5.56 Å². The number of nitriles is 1. The van der Waals surface area contributed by atoms with Crippen molar-refractivity contribution in [3.05, 3.63) is 53.6 Å². The van der Waals surface area contributed by atoms with E-state index in [0.29, 0.717) is 17.3 Å². The number of anilines is 1. The third kappa shape index (κ3) is 3.98. The number of carbonyl (C=O) groups is 1. The van der Waals surface area contributed by atoms with Gasteiger partial charge in [0.2, 0.25) is 0 Å². The Kier molecular flexibility index (Phi) is 6.24. The van der Waals surface area contributed by atoms with Crippen molar-refractivity contribution in [2.75, 3.05) is 33.1 Å². The van der Waals surface area contributed by atoms with Gasteiger partial charge in [-0.3, -0.25) is 0 Å². The van der Waals surface area contributed by atoms with Crippen LogP contribution in [0.2, 0.25) is 0 Å². The monoisotopic (exact) mass is 434 g/mol. The van der Waals surface area contributed by atoms with Gasteiger partial charge in [0.05, 0.1) is 25.5 Å². The molecule has 3 atom stereocenters. The molecule has 0 bridgehead atoms. The maximum Gasteiger partial charge on any atom is 0.319 e. The second-order valence-corrected chi connectivity index (χ2v) is 8.70. The number of likely N-dealkylation sites (N-methyl/N-ethyl adjacent to an activating group) is 1. The molecule has 32 heavy (non-hydrogen) atoms. The zero-order chi connectivity index (χ0) is 22.7. The number of fused-ring (bicyclic) bond motifs is 1. The summed E-state index contributed by atoms with van der Waals surface area (Å²) in [5, 5.41) is 15.2. The summed E-state index contributed by atoms with van der Waals surface area (Å²) in [6, 6.07) is 15.5. The van der Waals surface area contributed by atoms with Crippen LogP contribution in [0.15, 0.2) is 42.5 Å². The van der Waals surface area contributed by atoms with Gasteiger partial charge in [0.15, 0.2) is 11.5 Å². The van der Waals surface area contributed by atoms with Crippen molar-refractivity contribution in [3.63, 3.8) is 0 Å². The van der Waals surface area contributed by atoms with Gasteiger partial charge in [-0.25, -0.2) is 4.79 Å². The Morgan fingerprint density at radius 3 is 2.69 bits per heavy atom. The molecule has 0 spiro atoms. The Labute approximate surface area is 189 Å². The van der Waals surface area contributed by atoms with Crippen molar-refractivity contribution in [1.82, 2.24) is 10.2 Å². The smallest absolute Gasteiger partial charge is 0.319 e. The molecule has 1 saturated carbocycles. The number of para-hydroxylation sites is 1. The fourth-order valence-corrected chi connectivity index (χ4v) is 5.43. The summed E-state index contributed by atoms with van der Waals surface area (Å²) >= 11 is 0. The van der Waals surface area contributed by atoms with E-state index >= 15 is 0 Å². The van der Waals surface area contributed by atoms with Crippen LogP contribution in [0, 0.1) is 11.3 Å². The fourth-order valence-electron chi connectivity index (χ4n) is 5.43. The highest BCUT2D eigenvalue weighted by atomic mass is 16.5. The molecule has 2 aliphatic rings. The van der Waals surface area contributed by atoms with Crippen molar-refractivity contribution in [2.45, 2.75) is 43.2 Å². The van der Waals surface area contributed by atoms with Crippen molar-refractivity contribution in [2.24, 2.45) is 0 Å². The molecule has 1 aliphatic heterocycles. The van der Waals surface area contributed by atoms with Crippen molar-refractivity contribution in [1.29, 1.82) is 5.26 Å². The van der Waals surface area contributed by atoms with Gasteiger partial charge >= 0.3 is 6.03 Å². The van der Waals surface area contributed by atoms with E-state index in [-0.39, 0.29) is 17.5 Å². The number of hydrogen-bond donors (Lipinski definition) is 2. The van der Waals surface area contributed by atoms with Crippen molar-refractivity contribution >= 4 is 11.7 Å². The normalized spacial score (nSPS) is 24.8. The van der Waals surface area contributed by atoms with Crippen LogP contribution in [-0.4, -0.2) is 50.8 Å². The summed E-state index contributed by atoms with van der Waals surface area (Å²) < 4.78 is 11.0. The van der Waals surface area contributed by atoms with Crippen LogP contribution in [0.4, 0.5) is 10.5 Å². The average Bonchev–Trinajstić information content (AvgIpc) is 3.16. The number of amides is 2. The van der Waals surface area contributed by atoms with Crippen molar-refractivity contribution < 1.29 is 14.3 Å². The number of nitrogens with zero attached hydrogens (tertiary/aromatic N) is 2. The minimum absolute atomic E-state index is 0.0381. The van der Waals surface area contributed by atoms with E-state index in [4.69, 9.17) is 9.47 Å². The maximum atomic E-state index is 12.7. The van der Waals surface area contributed by atoms with E-state index in [0.717, 1.165) is 43.7 Å².